The predicted molar refractivity (Wildman–Crippen MR) is 245 cm³/mol. The maximum atomic E-state index is 2.55. The summed E-state index contributed by atoms with van der Waals surface area (Å²) in [5.41, 5.74) is 17.2. The maximum absolute atomic E-state index is 2.55. The lowest BCUT2D eigenvalue weighted by atomic mass is 9.12. The van der Waals surface area contributed by atoms with Gasteiger partial charge in [-0.05, 0) is 137 Å². The minimum atomic E-state index is 0.399. The lowest BCUT2D eigenvalue weighted by molar-refractivity contribution is -0.395. The number of aromatic nitrogens is 1. The molecule has 282 valence electrons. The summed E-state index contributed by atoms with van der Waals surface area (Å²) in [4.78, 5) is 2.48. The van der Waals surface area contributed by atoms with Gasteiger partial charge in [0.05, 0.1) is 16.7 Å². The first-order valence-electron chi connectivity index (χ1n) is 21.5. The summed E-state index contributed by atoms with van der Waals surface area (Å²) in [6.07, 6.45) is 5.74. The second-order valence-corrected chi connectivity index (χ2v) is 17.8. The molecule has 13 rings (SSSR count). The van der Waals surface area contributed by atoms with Crippen molar-refractivity contribution in [2.24, 2.45) is 23.2 Å². The Morgan fingerprint density at radius 3 is 1.51 bits per heavy atom. The standard InChI is InChI=1S/C57H44N2/c1-2-13-38(14-3-1)48-17-4-5-18-49(48)39-25-29-45(30-26-39)58(47-16-12-15-41(35-47)56-36-43-33-42-34-44(37-56)57(42,43)56)46-31-27-40(28-32-46)50-19-6-9-22-53(50)59-54-23-10-7-20-51(54)52-21-8-11-24-55(52)59/h1-32,35,42-44H,33-34,36-37H2/t42?,43-,44-,56?,57?/m0/s1. The van der Waals surface area contributed by atoms with Crippen LogP contribution in [0, 0.1) is 23.2 Å². The minimum absolute atomic E-state index is 0.399. The third-order valence-electron chi connectivity index (χ3n) is 15.5. The van der Waals surface area contributed by atoms with Gasteiger partial charge in [0.2, 0.25) is 0 Å². The van der Waals surface area contributed by atoms with Crippen molar-refractivity contribution < 1.29 is 0 Å². The first-order valence-corrected chi connectivity index (χ1v) is 21.5. The molecule has 0 amide bonds. The van der Waals surface area contributed by atoms with Gasteiger partial charge < -0.3 is 9.47 Å². The number of benzene rings is 8. The summed E-state index contributed by atoms with van der Waals surface area (Å²) < 4.78 is 2.44. The highest BCUT2D eigenvalue weighted by atomic mass is 15.1. The smallest absolute Gasteiger partial charge is 0.0541 e. The van der Waals surface area contributed by atoms with E-state index in [1.54, 1.807) is 5.56 Å². The summed E-state index contributed by atoms with van der Waals surface area (Å²) >= 11 is 0. The zero-order chi connectivity index (χ0) is 38.7. The van der Waals surface area contributed by atoms with Crippen molar-refractivity contribution in [2.75, 3.05) is 4.90 Å². The van der Waals surface area contributed by atoms with E-state index in [1.165, 1.54) is 97.9 Å². The molecular weight excluding hydrogens is 713 g/mol. The monoisotopic (exact) mass is 756 g/mol. The van der Waals surface area contributed by atoms with Crippen LogP contribution in [-0.2, 0) is 5.41 Å². The van der Waals surface area contributed by atoms with E-state index in [9.17, 15) is 0 Å². The van der Waals surface area contributed by atoms with Crippen LogP contribution in [0.3, 0.4) is 0 Å². The number of fused-ring (bicyclic) bond motifs is 3. The number of para-hydroxylation sites is 3. The van der Waals surface area contributed by atoms with Crippen LogP contribution >= 0.6 is 0 Å². The van der Waals surface area contributed by atoms with E-state index in [2.05, 4.69) is 210 Å². The molecule has 0 unspecified atom stereocenters. The van der Waals surface area contributed by atoms with Crippen LogP contribution in [0.15, 0.2) is 200 Å². The van der Waals surface area contributed by atoms with E-state index in [4.69, 9.17) is 0 Å². The van der Waals surface area contributed by atoms with Crippen LogP contribution in [0.5, 0.6) is 0 Å². The highest BCUT2D eigenvalue weighted by Gasteiger charge is 2.87. The van der Waals surface area contributed by atoms with Gasteiger partial charge in [0.1, 0.15) is 0 Å². The molecular formula is C57H44N2. The number of hydrogen-bond donors (Lipinski definition) is 0. The lowest BCUT2D eigenvalue weighted by Gasteiger charge is -2.91. The van der Waals surface area contributed by atoms with Crippen LogP contribution in [0.25, 0.3) is 60.9 Å². The van der Waals surface area contributed by atoms with Gasteiger partial charge >= 0.3 is 0 Å². The predicted octanol–water partition coefficient (Wildman–Crippen LogP) is 14.9. The Hall–Kier alpha value is -6.64. The summed E-state index contributed by atoms with van der Waals surface area (Å²) in [6.45, 7) is 0. The van der Waals surface area contributed by atoms with Crippen LogP contribution in [-0.4, -0.2) is 4.57 Å². The molecule has 2 heteroatoms. The van der Waals surface area contributed by atoms with Gasteiger partial charge in [0.15, 0.2) is 0 Å². The number of nitrogens with zero attached hydrogens (tertiary/aromatic N) is 2. The van der Waals surface area contributed by atoms with Gasteiger partial charge in [-0.3, -0.25) is 0 Å². The molecule has 0 bridgehead atoms. The second-order valence-electron chi connectivity index (χ2n) is 17.8. The number of rotatable bonds is 8. The fraction of sp³-hybridized carbons (Fsp3) is 0.158. The molecule has 0 saturated heterocycles. The fourth-order valence-corrected chi connectivity index (χ4v) is 13.1. The summed E-state index contributed by atoms with van der Waals surface area (Å²) in [5.74, 6) is 2.93. The van der Waals surface area contributed by atoms with E-state index >= 15 is 0 Å². The van der Waals surface area contributed by atoms with Gasteiger partial charge in [-0.25, -0.2) is 0 Å². The third kappa shape index (κ3) is 4.52. The van der Waals surface area contributed by atoms with E-state index in [-0.39, 0.29) is 0 Å². The van der Waals surface area contributed by atoms with Crippen LogP contribution in [0.2, 0.25) is 0 Å². The second kappa shape index (κ2) is 12.4. The molecule has 0 aliphatic heterocycles. The molecule has 4 aliphatic carbocycles. The van der Waals surface area contributed by atoms with Crippen molar-refractivity contribution in [3.05, 3.63) is 206 Å². The lowest BCUT2D eigenvalue weighted by Crippen LogP contribution is -2.87. The van der Waals surface area contributed by atoms with Crippen molar-refractivity contribution in [3.8, 4) is 39.1 Å². The maximum Gasteiger partial charge on any atom is 0.0541 e. The molecule has 2 nitrogen and oxygen atoms in total. The molecule has 1 spiro atoms. The van der Waals surface area contributed by atoms with Gasteiger partial charge in [-0.2, -0.15) is 0 Å². The van der Waals surface area contributed by atoms with Crippen LogP contribution in [0.4, 0.5) is 17.1 Å². The Labute approximate surface area is 346 Å². The molecule has 0 N–H and O–H groups in total. The Morgan fingerprint density at radius 1 is 0.407 bits per heavy atom. The zero-order valence-electron chi connectivity index (χ0n) is 33.0. The van der Waals surface area contributed by atoms with Gasteiger partial charge in [-0.15, -0.1) is 0 Å². The van der Waals surface area contributed by atoms with Crippen molar-refractivity contribution in [1.29, 1.82) is 0 Å². The SMILES string of the molecule is c1ccc(-c2ccccc2-c2ccc(N(c3ccc(-c4ccccc4-n4c5ccccc5c5ccccc54)cc3)c3cccc(C45C[C@@H]6CC7C[C@@H](C4)C765)c3)cc2)cc1. The molecule has 4 fully saturated rings. The number of anilines is 3. The number of hydrogen-bond acceptors (Lipinski definition) is 1. The fourth-order valence-electron chi connectivity index (χ4n) is 13.1. The van der Waals surface area contributed by atoms with Crippen molar-refractivity contribution >= 4 is 38.9 Å². The Balaban J connectivity index is 0.913. The molecule has 1 aromatic heterocycles. The van der Waals surface area contributed by atoms with Gasteiger partial charge in [0.25, 0.3) is 0 Å². The Bertz CT molecular complexity index is 3000. The Kier molecular flexibility index (Phi) is 7.03. The van der Waals surface area contributed by atoms with E-state index < -0.39 is 0 Å². The summed E-state index contributed by atoms with van der Waals surface area (Å²) in [5, 5.41) is 2.56. The molecule has 59 heavy (non-hydrogen) atoms. The zero-order valence-corrected chi connectivity index (χ0v) is 33.0. The van der Waals surface area contributed by atoms with E-state index in [0.717, 1.165) is 23.4 Å². The average Bonchev–Trinajstić information content (AvgIpc) is 3.61. The average molecular weight is 757 g/mol. The summed E-state index contributed by atoms with van der Waals surface area (Å²) in [7, 11) is 0. The van der Waals surface area contributed by atoms with E-state index in [1.807, 2.05) is 0 Å². The first kappa shape index (κ1) is 33.3. The van der Waals surface area contributed by atoms with Crippen LogP contribution < -0.4 is 4.90 Å². The molecule has 4 aliphatic rings. The van der Waals surface area contributed by atoms with Gasteiger partial charge in [0, 0.05) is 38.8 Å². The quantitative estimate of drug-likeness (QED) is 0.150. The van der Waals surface area contributed by atoms with Crippen molar-refractivity contribution in [1.82, 2.24) is 4.57 Å². The van der Waals surface area contributed by atoms with E-state index in [0.29, 0.717) is 10.8 Å². The van der Waals surface area contributed by atoms with Crippen molar-refractivity contribution in [2.45, 2.75) is 31.1 Å². The third-order valence-corrected chi connectivity index (χ3v) is 15.5. The molecule has 2 atom stereocenters. The molecule has 4 saturated carbocycles. The first-order chi connectivity index (χ1) is 29.2. The molecule has 1 heterocycles. The normalized spacial score (nSPS) is 23.3. The highest BCUT2D eigenvalue weighted by molar-refractivity contribution is 6.09. The summed E-state index contributed by atoms with van der Waals surface area (Å²) in [6, 6.07) is 74.2. The molecule has 8 aromatic carbocycles. The topological polar surface area (TPSA) is 8.17 Å². The molecule has 9 aromatic rings. The van der Waals surface area contributed by atoms with Gasteiger partial charge in [-0.1, -0.05) is 146 Å². The largest absolute Gasteiger partial charge is 0.310 e. The minimum Gasteiger partial charge on any atom is -0.310 e. The van der Waals surface area contributed by atoms with Crippen LogP contribution in [0.1, 0.15) is 31.2 Å². The van der Waals surface area contributed by atoms with Crippen molar-refractivity contribution in [3.63, 3.8) is 0 Å². The Morgan fingerprint density at radius 2 is 0.915 bits per heavy atom. The molecule has 0 radical (unpaired) electrons. The highest BCUT2D eigenvalue weighted by Crippen LogP contribution is 2.92.